The topological polar surface area (TPSA) is 36.8 Å². The minimum absolute atomic E-state index is 0.458. The predicted molar refractivity (Wildman–Crippen MR) is 56.8 cm³/mol. The molecule has 0 saturated carbocycles. The number of aliphatic imine (C=N–C) groups is 2. The van der Waals surface area contributed by atoms with E-state index in [4.69, 9.17) is 0 Å². The number of nitrogens with one attached hydrogen (secondary N) is 1. The van der Waals surface area contributed by atoms with Gasteiger partial charge in [0.1, 0.15) is 0 Å². The van der Waals surface area contributed by atoms with Crippen LogP contribution in [0.5, 0.6) is 0 Å². The van der Waals surface area contributed by atoms with E-state index in [-0.39, 0.29) is 0 Å². The SMILES string of the molecule is CC=N/C=C1/C=NC(C(C)C)=CN1. The van der Waals surface area contributed by atoms with Crippen molar-refractivity contribution < 1.29 is 0 Å². The average molecular weight is 177 g/mol. The second kappa shape index (κ2) is 4.60. The molecule has 70 valence electrons. The molecule has 0 amide bonds. The molecule has 3 nitrogen and oxygen atoms in total. The summed E-state index contributed by atoms with van der Waals surface area (Å²) in [5, 5.41) is 3.12. The van der Waals surface area contributed by atoms with Crippen LogP contribution in [0.3, 0.4) is 0 Å². The highest BCUT2D eigenvalue weighted by Crippen LogP contribution is 2.12. The number of hydrogen-bond acceptors (Lipinski definition) is 3. The molecule has 1 aliphatic rings. The molecule has 0 unspecified atom stereocenters. The number of rotatable bonds is 2. The summed E-state index contributed by atoms with van der Waals surface area (Å²) in [6.07, 6.45) is 7.20. The highest BCUT2D eigenvalue weighted by molar-refractivity contribution is 5.80. The van der Waals surface area contributed by atoms with Gasteiger partial charge in [0.25, 0.3) is 0 Å². The Morgan fingerprint density at radius 3 is 2.77 bits per heavy atom. The van der Waals surface area contributed by atoms with Crippen molar-refractivity contribution in [2.75, 3.05) is 0 Å². The van der Waals surface area contributed by atoms with Crippen LogP contribution in [-0.4, -0.2) is 12.4 Å². The first-order valence-electron chi connectivity index (χ1n) is 4.42. The Morgan fingerprint density at radius 2 is 2.31 bits per heavy atom. The molecule has 0 aromatic carbocycles. The van der Waals surface area contributed by atoms with E-state index in [1.807, 2.05) is 13.1 Å². The summed E-state index contributed by atoms with van der Waals surface area (Å²) in [4.78, 5) is 8.29. The average Bonchev–Trinajstić information content (AvgIpc) is 2.15. The van der Waals surface area contributed by atoms with E-state index in [9.17, 15) is 0 Å². The Kier molecular flexibility index (Phi) is 3.43. The van der Waals surface area contributed by atoms with Gasteiger partial charge in [0.05, 0.1) is 23.8 Å². The molecule has 0 aromatic rings. The highest BCUT2D eigenvalue weighted by atomic mass is 15.0. The molecule has 3 heteroatoms. The minimum atomic E-state index is 0.458. The van der Waals surface area contributed by atoms with Crippen LogP contribution >= 0.6 is 0 Å². The van der Waals surface area contributed by atoms with E-state index in [1.165, 1.54) is 0 Å². The second-order valence-corrected chi connectivity index (χ2v) is 3.12. The fraction of sp³-hybridized carbons (Fsp3) is 0.400. The zero-order valence-corrected chi connectivity index (χ0v) is 8.28. The van der Waals surface area contributed by atoms with Gasteiger partial charge in [-0.15, -0.1) is 0 Å². The van der Waals surface area contributed by atoms with Crippen LogP contribution in [0, 0.1) is 5.92 Å². The monoisotopic (exact) mass is 177 g/mol. The van der Waals surface area contributed by atoms with E-state index in [0.29, 0.717) is 5.92 Å². The van der Waals surface area contributed by atoms with Crippen molar-refractivity contribution >= 4 is 12.4 Å². The van der Waals surface area contributed by atoms with Crippen molar-refractivity contribution in [1.29, 1.82) is 0 Å². The molecule has 0 aromatic heterocycles. The number of allylic oxidation sites excluding steroid dienone is 2. The number of nitrogens with zero attached hydrogens (tertiary/aromatic N) is 2. The van der Waals surface area contributed by atoms with Crippen LogP contribution in [0.25, 0.3) is 0 Å². The maximum absolute atomic E-state index is 4.29. The third-order valence-electron chi connectivity index (χ3n) is 1.69. The third kappa shape index (κ3) is 2.86. The summed E-state index contributed by atoms with van der Waals surface area (Å²) < 4.78 is 0. The lowest BCUT2D eigenvalue weighted by atomic mass is 10.1. The molecule has 0 spiro atoms. The molecule has 0 bridgehead atoms. The first kappa shape index (κ1) is 9.71. The molecule has 13 heavy (non-hydrogen) atoms. The Morgan fingerprint density at radius 1 is 1.54 bits per heavy atom. The van der Waals surface area contributed by atoms with Crippen molar-refractivity contribution in [3.8, 4) is 0 Å². The molecule has 0 radical (unpaired) electrons. The summed E-state index contributed by atoms with van der Waals surface area (Å²) in [5.41, 5.74) is 1.99. The van der Waals surface area contributed by atoms with E-state index >= 15 is 0 Å². The lowest BCUT2D eigenvalue weighted by molar-refractivity contribution is 0.743. The highest BCUT2D eigenvalue weighted by Gasteiger charge is 2.04. The summed E-state index contributed by atoms with van der Waals surface area (Å²) in [5.74, 6) is 0.458. The fourth-order valence-electron chi connectivity index (χ4n) is 0.917. The van der Waals surface area contributed by atoms with Gasteiger partial charge in [0.15, 0.2) is 0 Å². The second-order valence-electron chi connectivity index (χ2n) is 3.12. The smallest absolute Gasteiger partial charge is 0.0752 e. The van der Waals surface area contributed by atoms with Gasteiger partial charge >= 0.3 is 0 Å². The van der Waals surface area contributed by atoms with Gasteiger partial charge in [-0.05, 0) is 12.8 Å². The fourth-order valence-corrected chi connectivity index (χ4v) is 0.917. The van der Waals surface area contributed by atoms with Crippen molar-refractivity contribution in [3.05, 3.63) is 23.8 Å². The van der Waals surface area contributed by atoms with Gasteiger partial charge in [-0.2, -0.15) is 0 Å². The molecular weight excluding hydrogens is 162 g/mol. The van der Waals surface area contributed by atoms with Crippen LogP contribution in [0.1, 0.15) is 20.8 Å². The minimum Gasteiger partial charge on any atom is -0.357 e. The van der Waals surface area contributed by atoms with Crippen molar-refractivity contribution in [1.82, 2.24) is 5.32 Å². The molecular formula is C10H15N3. The van der Waals surface area contributed by atoms with Gasteiger partial charge in [0.2, 0.25) is 0 Å². The number of hydrogen-bond donors (Lipinski definition) is 1. The van der Waals surface area contributed by atoms with Gasteiger partial charge in [-0.1, -0.05) is 13.8 Å². The standard InChI is InChI=1S/C10H15N3/c1-4-11-5-9-6-13-10(7-12-9)8(2)3/h4-8,12H,1-3H3/b9-5-,11-4?. The Bertz CT molecular complexity index is 283. The van der Waals surface area contributed by atoms with Crippen molar-refractivity contribution in [2.45, 2.75) is 20.8 Å². The third-order valence-corrected chi connectivity index (χ3v) is 1.69. The lowest BCUT2D eigenvalue weighted by Gasteiger charge is -2.12. The molecule has 0 atom stereocenters. The van der Waals surface area contributed by atoms with E-state index in [0.717, 1.165) is 11.4 Å². The van der Waals surface area contributed by atoms with Gasteiger partial charge in [0, 0.05) is 12.4 Å². The first-order chi connectivity index (χ1) is 6.24. The van der Waals surface area contributed by atoms with Crippen molar-refractivity contribution in [2.24, 2.45) is 15.9 Å². The molecule has 1 rings (SSSR count). The summed E-state index contributed by atoms with van der Waals surface area (Å²) in [6.45, 7) is 6.11. The largest absolute Gasteiger partial charge is 0.357 e. The zero-order valence-electron chi connectivity index (χ0n) is 8.28. The van der Waals surface area contributed by atoms with Gasteiger partial charge in [-0.25, -0.2) is 0 Å². The van der Waals surface area contributed by atoms with Gasteiger partial charge in [-0.3, -0.25) is 9.98 Å². The predicted octanol–water partition coefficient (Wildman–Crippen LogP) is 2.09. The zero-order chi connectivity index (χ0) is 9.68. The van der Waals surface area contributed by atoms with Crippen LogP contribution < -0.4 is 5.32 Å². The molecule has 0 saturated heterocycles. The Hall–Kier alpha value is -1.38. The Labute approximate surface area is 79.0 Å². The van der Waals surface area contributed by atoms with E-state index in [2.05, 4.69) is 29.1 Å². The molecule has 1 aliphatic heterocycles. The molecule has 0 fully saturated rings. The summed E-state index contributed by atoms with van der Waals surface area (Å²) >= 11 is 0. The quantitative estimate of drug-likeness (QED) is 0.644. The van der Waals surface area contributed by atoms with E-state index in [1.54, 1.807) is 18.6 Å². The maximum Gasteiger partial charge on any atom is 0.0752 e. The molecule has 0 aliphatic carbocycles. The maximum atomic E-state index is 4.29. The Balaban J connectivity index is 2.63. The molecule has 1 N–H and O–H groups in total. The van der Waals surface area contributed by atoms with Crippen molar-refractivity contribution in [3.63, 3.8) is 0 Å². The van der Waals surface area contributed by atoms with Crippen LogP contribution in [0.4, 0.5) is 0 Å². The van der Waals surface area contributed by atoms with Crippen LogP contribution in [-0.2, 0) is 0 Å². The van der Waals surface area contributed by atoms with Gasteiger partial charge < -0.3 is 5.32 Å². The summed E-state index contributed by atoms with van der Waals surface area (Å²) in [7, 11) is 0. The van der Waals surface area contributed by atoms with Crippen LogP contribution in [0.2, 0.25) is 0 Å². The van der Waals surface area contributed by atoms with E-state index < -0.39 is 0 Å². The molecule has 1 heterocycles. The normalized spacial score (nSPS) is 19.7. The first-order valence-corrected chi connectivity index (χ1v) is 4.42. The van der Waals surface area contributed by atoms with Crippen LogP contribution in [0.15, 0.2) is 33.8 Å². The lowest BCUT2D eigenvalue weighted by Crippen LogP contribution is -2.13. The summed E-state index contributed by atoms with van der Waals surface area (Å²) in [6, 6.07) is 0.